The highest BCUT2D eigenvalue weighted by Crippen LogP contribution is 2.27. The predicted molar refractivity (Wildman–Crippen MR) is 83.4 cm³/mol. The molecular formula is C18H22N2O. The van der Waals surface area contributed by atoms with E-state index in [9.17, 15) is 4.79 Å². The quantitative estimate of drug-likeness (QED) is 0.770. The van der Waals surface area contributed by atoms with E-state index in [1.54, 1.807) is 0 Å². The first-order valence-corrected chi connectivity index (χ1v) is 7.95. The molecule has 1 aliphatic rings. The Bertz CT molecular complexity index is 582. The Labute approximate surface area is 126 Å². The highest BCUT2D eigenvalue weighted by molar-refractivity contribution is 5.96. The average molecular weight is 282 g/mol. The summed E-state index contributed by atoms with van der Waals surface area (Å²) in [7, 11) is 0. The Morgan fingerprint density at radius 2 is 1.86 bits per heavy atom. The summed E-state index contributed by atoms with van der Waals surface area (Å²) in [6, 6.07) is 12.1. The van der Waals surface area contributed by atoms with Gasteiger partial charge in [-0.25, -0.2) is 0 Å². The summed E-state index contributed by atoms with van der Waals surface area (Å²) in [4.78, 5) is 12.1. The third-order valence-corrected chi connectivity index (χ3v) is 4.32. The van der Waals surface area contributed by atoms with E-state index in [0.717, 1.165) is 17.7 Å². The van der Waals surface area contributed by atoms with Crippen LogP contribution in [0.4, 0.5) is 0 Å². The number of aromatic nitrogens is 2. The Morgan fingerprint density at radius 1 is 1.10 bits per heavy atom. The van der Waals surface area contributed by atoms with Gasteiger partial charge >= 0.3 is 0 Å². The molecule has 2 aromatic rings. The van der Waals surface area contributed by atoms with Crippen LogP contribution in [0.5, 0.6) is 0 Å². The number of rotatable bonds is 5. The lowest BCUT2D eigenvalue weighted by Crippen LogP contribution is -2.13. The molecule has 1 aromatic heterocycles. The van der Waals surface area contributed by atoms with E-state index >= 15 is 0 Å². The topological polar surface area (TPSA) is 34.9 Å². The molecule has 3 heteroatoms. The van der Waals surface area contributed by atoms with Crippen molar-refractivity contribution in [3.63, 3.8) is 0 Å². The summed E-state index contributed by atoms with van der Waals surface area (Å²) >= 11 is 0. The second-order valence-corrected chi connectivity index (χ2v) is 5.87. The van der Waals surface area contributed by atoms with Crippen LogP contribution in [-0.4, -0.2) is 15.6 Å². The third-order valence-electron chi connectivity index (χ3n) is 4.32. The highest BCUT2D eigenvalue weighted by Gasteiger charge is 2.16. The molecule has 1 aliphatic carbocycles. The van der Waals surface area contributed by atoms with Crippen molar-refractivity contribution in [3.05, 3.63) is 53.9 Å². The number of Topliss-reactive ketones (excluding diaryl/α,β-unsaturated/α-hetero) is 1. The summed E-state index contributed by atoms with van der Waals surface area (Å²) in [5, 5.41) is 4.66. The van der Waals surface area contributed by atoms with E-state index in [-0.39, 0.29) is 5.78 Å². The van der Waals surface area contributed by atoms with E-state index in [4.69, 9.17) is 0 Å². The Morgan fingerprint density at radius 3 is 2.62 bits per heavy atom. The third kappa shape index (κ3) is 3.60. The molecule has 110 valence electrons. The lowest BCUT2D eigenvalue weighted by molar-refractivity contribution is 0.0982. The molecular weight excluding hydrogens is 260 g/mol. The zero-order valence-electron chi connectivity index (χ0n) is 12.4. The van der Waals surface area contributed by atoms with Crippen LogP contribution in [-0.2, 0) is 6.42 Å². The van der Waals surface area contributed by atoms with Crippen molar-refractivity contribution in [1.82, 2.24) is 9.78 Å². The molecule has 0 bridgehead atoms. The minimum atomic E-state index is 0.197. The lowest BCUT2D eigenvalue weighted by Gasteiger charge is -2.21. The van der Waals surface area contributed by atoms with E-state index in [2.05, 4.69) is 22.0 Å². The van der Waals surface area contributed by atoms with Crippen molar-refractivity contribution in [1.29, 1.82) is 0 Å². The van der Waals surface area contributed by atoms with Gasteiger partial charge in [-0.05, 0) is 25.3 Å². The van der Waals surface area contributed by atoms with Gasteiger partial charge in [-0.1, -0.05) is 49.6 Å². The van der Waals surface area contributed by atoms with Crippen LogP contribution in [0.15, 0.2) is 42.6 Å². The van der Waals surface area contributed by atoms with E-state index in [1.807, 2.05) is 30.3 Å². The largest absolute Gasteiger partial charge is 0.294 e. The first kappa shape index (κ1) is 14.1. The van der Waals surface area contributed by atoms with Gasteiger partial charge in [0.15, 0.2) is 5.78 Å². The molecule has 21 heavy (non-hydrogen) atoms. The van der Waals surface area contributed by atoms with Gasteiger partial charge in [-0.2, -0.15) is 5.10 Å². The molecule has 1 saturated carbocycles. The average Bonchev–Trinajstić information content (AvgIpc) is 3.03. The van der Waals surface area contributed by atoms with Crippen LogP contribution in [0.2, 0.25) is 0 Å². The van der Waals surface area contributed by atoms with Gasteiger partial charge < -0.3 is 0 Å². The maximum atomic E-state index is 12.1. The monoisotopic (exact) mass is 282 g/mol. The Kier molecular flexibility index (Phi) is 4.49. The summed E-state index contributed by atoms with van der Waals surface area (Å²) in [6.45, 7) is 0. The first-order valence-electron chi connectivity index (χ1n) is 7.95. The normalized spacial score (nSPS) is 16.0. The summed E-state index contributed by atoms with van der Waals surface area (Å²) in [5.41, 5.74) is 1.83. The molecule has 0 aliphatic heterocycles. The van der Waals surface area contributed by atoms with Crippen LogP contribution < -0.4 is 0 Å². The highest BCUT2D eigenvalue weighted by atomic mass is 16.1. The maximum Gasteiger partial charge on any atom is 0.163 e. The molecule has 0 unspecified atom stereocenters. The van der Waals surface area contributed by atoms with Crippen LogP contribution in [0, 0.1) is 0 Å². The molecule has 0 spiro atoms. The number of carbonyl (C=O) groups is 1. The fourth-order valence-corrected chi connectivity index (χ4v) is 3.07. The zero-order chi connectivity index (χ0) is 14.5. The molecule has 3 nitrogen and oxygen atoms in total. The van der Waals surface area contributed by atoms with Crippen LogP contribution in [0.1, 0.15) is 60.6 Å². The van der Waals surface area contributed by atoms with Gasteiger partial charge in [0.2, 0.25) is 0 Å². The zero-order valence-corrected chi connectivity index (χ0v) is 12.4. The van der Waals surface area contributed by atoms with Crippen molar-refractivity contribution in [2.75, 3.05) is 0 Å². The van der Waals surface area contributed by atoms with Crippen LogP contribution in [0.25, 0.3) is 0 Å². The fourth-order valence-electron chi connectivity index (χ4n) is 3.07. The summed E-state index contributed by atoms with van der Waals surface area (Å²) in [6.07, 6.45) is 9.81. The molecule has 1 fully saturated rings. The van der Waals surface area contributed by atoms with Crippen LogP contribution in [0.3, 0.4) is 0 Å². The molecule has 1 aromatic carbocycles. The van der Waals surface area contributed by atoms with Gasteiger partial charge in [0.25, 0.3) is 0 Å². The molecule has 0 saturated heterocycles. The molecule has 1 heterocycles. The summed E-state index contributed by atoms with van der Waals surface area (Å²) < 4.78 is 2.11. The van der Waals surface area contributed by atoms with Crippen LogP contribution >= 0.6 is 0 Å². The number of hydrogen-bond donors (Lipinski definition) is 0. The van der Waals surface area contributed by atoms with Crippen molar-refractivity contribution < 1.29 is 4.79 Å². The molecule has 0 radical (unpaired) electrons. The molecule has 0 amide bonds. The number of aryl methyl sites for hydroxylation is 1. The minimum Gasteiger partial charge on any atom is -0.294 e. The van der Waals surface area contributed by atoms with Gasteiger partial charge in [-0.3, -0.25) is 9.48 Å². The molecule has 0 N–H and O–H groups in total. The predicted octanol–water partition coefficient (Wildman–Crippen LogP) is 4.20. The van der Waals surface area contributed by atoms with E-state index in [0.29, 0.717) is 12.5 Å². The second kappa shape index (κ2) is 6.70. The number of hydrogen-bond acceptors (Lipinski definition) is 2. The molecule has 0 atom stereocenters. The SMILES string of the molecule is O=C(CCc1ccn(C2CCCCC2)n1)c1ccccc1. The van der Waals surface area contributed by atoms with Crippen molar-refractivity contribution in [3.8, 4) is 0 Å². The second-order valence-electron chi connectivity index (χ2n) is 5.87. The van der Waals surface area contributed by atoms with E-state index < -0.39 is 0 Å². The number of ketones is 1. The number of benzene rings is 1. The van der Waals surface area contributed by atoms with E-state index in [1.165, 1.54) is 32.1 Å². The van der Waals surface area contributed by atoms with Gasteiger partial charge in [0.1, 0.15) is 0 Å². The Hall–Kier alpha value is -1.90. The number of carbonyl (C=O) groups excluding carboxylic acids is 1. The smallest absolute Gasteiger partial charge is 0.163 e. The Balaban J connectivity index is 1.56. The van der Waals surface area contributed by atoms with Crippen molar-refractivity contribution in [2.45, 2.75) is 51.0 Å². The fraction of sp³-hybridized carbons (Fsp3) is 0.444. The van der Waals surface area contributed by atoms with Gasteiger partial charge in [0.05, 0.1) is 11.7 Å². The molecule has 3 rings (SSSR count). The van der Waals surface area contributed by atoms with Gasteiger partial charge in [0, 0.05) is 18.2 Å². The van der Waals surface area contributed by atoms with Crippen molar-refractivity contribution in [2.24, 2.45) is 0 Å². The first-order chi connectivity index (χ1) is 10.3. The standard InChI is InChI=1S/C18H22N2O/c21-18(15-7-3-1-4-8-15)12-11-16-13-14-20(19-16)17-9-5-2-6-10-17/h1,3-4,7-8,13-14,17H,2,5-6,9-12H2. The minimum absolute atomic E-state index is 0.197. The van der Waals surface area contributed by atoms with Gasteiger partial charge in [-0.15, -0.1) is 0 Å². The summed E-state index contributed by atoms with van der Waals surface area (Å²) in [5.74, 6) is 0.197. The van der Waals surface area contributed by atoms with Crippen molar-refractivity contribution >= 4 is 5.78 Å². The number of nitrogens with zero attached hydrogens (tertiary/aromatic N) is 2. The lowest BCUT2D eigenvalue weighted by atomic mass is 9.96. The maximum absolute atomic E-state index is 12.1.